The van der Waals surface area contributed by atoms with Crippen LogP contribution in [0.5, 0.6) is 0 Å². The van der Waals surface area contributed by atoms with Gasteiger partial charge in [0, 0.05) is 37.5 Å². The minimum absolute atomic E-state index is 0.0867. The SMILES string of the molecule is COCCN(C)C(=O)c1cn(Cc2ccccc2)nc1-c1ccc(Cl)cc1. The summed E-state index contributed by atoms with van der Waals surface area (Å²) in [5.41, 5.74) is 3.19. The Morgan fingerprint density at radius 1 is 1.15 bits per heavy atom. The van der Waals surface area contributed by atoms with Gasteiger partial charge in [0.05, 0.1) is 18.7 Å². The van der Waals surface area contributed by atoms with Gasteiger partial charge in [-0.15, -0.1) is 0 Å². The van der Waals surface area contributed by atoms with E-state index in [1.807, 2.05) is 48.7 Å². The van der Waals surface area contributed by atoms with Crippen LogP contribution in [0.25, 0.3) is 11.3 Å². The van der Waals surface area contributed by atoms with Gasteiger partial charge in [0.1, 0.15) is 5.69 Å². The number of carbonyl (C=O) groups excluding carboxylic acids is 1. The zero-order valence-corrected chi connectivity index (χ0v) is 16.2. The summed E-state index contributed by atoms with van der Waals surface area (Å²) in [4.78, 5) is 14.6. The zero-order chi connectivity index (χ0) is 19.2. The molecular weight excluding hydrogens is 362 g/mol. The standard InChI is InChI=1S/C21H22ClN3O2/c1-24(12-13-27-2)21(26)19-15-25(14-16-6-4-3-5-7-16)23-20(19)17-8-10-18(22)11-9-17/h3-11,15H,12-14H2,1-2H3. The molecule has 0 saturated heterocycles. The molecule has 0 unspecified atom stereocenters. The molecule has 1 amide bonds. The van der Waals surface area contributed by atoms with Crippen LogP contribution in [0.1, 0.15) is 15.9 Å². The van der Waals surface area contributed by atoms with Gasteiger partial charge in [-0.3, -0.25) is 9.48 Å². The number of nitrogens with zero attached hydrogens (tertiary/aromatic N) is 3. The van der Waals surface area contributed by atoms with Crippen molar-refractivity contribution in [2.75, 3.05) is 27.3 Å². The summed E-state index contributed by atoms with van der Waals surface area (Å²) in [5.74, 6) is -0.0867. The van der Waals surface area contributed by atoms with E-state index in [4.69, 9.17) is 16.3 Å². The van der Waals surface area contributed by atoms with Crippen LogP contribution >= 0.6 is 11.6 Å². The van der Waals surface area contributed by atoms with Crippen LogP contribution in [0.15, 0.2) is 60.8 Å². The van der Waals surface area contributed by atoms with Crippen LogP contribution in [0.2, 0.25) is 5.02 Å². The van der Waals surface area contributed by atoms with Gasteiger partial charge < -0.3 is 9.64 Å². The van der Waals surface area contributed by atoms with Crippen LogP contribution < -0.4 is 0 Å². The molecule has 0 aliphatic heterocycles. The number of carbonyl (C=O) groups is 1. The quantitative estimate of drug-likeness (QED) is 0.620. The highest BCUT2D eigenvalue weighted by Crippen LogP contribution is 2.25. The number of rotatable bonds is 7. The van der Waals surface area contributed by atoms with Crippen molar-refractivity contribution in [1.82, 2.24) is 14.7 Å². The number of ether oxygens (including phenoxy) is 1. The van der Waals surface area contributed by atoms with Crippen LogP contribution in [0.3, 0.4) is 0 Å². The van der Waals surface area contributed by atoms with Gasteiger partial charge in [-0.25, -0.2) is 0 Å². The number of hydrogen-bond donors (Lipinski definition) is 0. The number of benzene rings is 2. The molecule has 1 aromatic heterocycles. The lowest BCUT2D eigenvalue weighted by molar-refractivity contribution is 0.0745. The third-order valence-electron chi connectivity index (χ3n) is 4.27. The predicted molar refractivity (Wildman–Crippen MR) is 107 cm³/mol. The third kappa shape index (κ3) is 4.76. The van der Waals surface area contributed by atoms with Crippen LogP contribution in [-0.4, -0.2) is 47.9 Å². The lowest BCUT2D eigenvalue weighted by Crippen LogP contribution is -2.30. The van der Waals surface area contributed by atoms with Gasteiger partial charge in [0.15, 0.2) is 0 Å². The second-order valence-electron chi connectivity index (χ2n) is 6.30. The van der Waals surface area contributed by atoms with Crippen molar-refractivity contribution >= 4 is 17.5 Å². The number of aromatic nitrogens is 2. The highest BCUT2D eigenvalue weighted by Gasteiger charge is 2.21. The average molecular weight is 384 g/mol. The third-order valence-corrected chi connectivity index (χ3v) is 4.53. The lowest BCUT2D eigenvalue weighted by Gasteiger charge is -2.16. The molecule has 0 atom stereocenters. The fraction of sp³-hybridized carbons (Fsp3) is 0.238. The van der Waals surface area contributed by atoms with E-state index in [0.29, 0.717) is 36.0 Å². The maximum absolute atomic E-state index is 13.0. The average Bonchev–Trinajstić information content (AvgIpc) is 3.10. The Kier molecular flexibility index (Phi) is 6.27. The topological polar surface area (TPSA) is 47.4 Å². The van der Waals surface area contributed by atoms with E-state index in [-0.39, 0.29) is 5.91 Å². The van der Waals surface area contributed by atoms with Gasteiger partial charge in [0.25, 0.3) is 5.91 Å². The number of hydrogen-bond acceptors (Lipinski definition) is 3. The van der Waals surface area contributed by atoms with Crippen molar-refractivity contribution in [3.63, 3.8) is 0 Å². The van der Waals surface area contributed by atoms with Gasteiger partial charge in [-0.2, -0.15) is 5.10 Å². The van der Waals surface area contributed by atoms with Gasteiger partial charge in [-0.1, -0.05) is 54.1 Å². The smallest absolute Gasteiger partial charge is 0.257 e. The summed E-state index contributed by atoms with van der Waals surface area (Å²) in [5, 5.41) is 5.33. The molecule has 140 valence electrons. The highest BCUT2D eigenvalue weighted by atomic mass is 35.5. The number of halogens is 1. The van der Waals surface area contributed by atoms with E-state index in [0.717, 1.165) is 11.1 Å². The van der Waals surface area contributed by atoms with E-state index >= 15 is 0 Å². The second kappa shape index (κ2) is 8.84. The molecule has 3 aromatic rings. The van der Waals surface area contributed by atoms with Crippen molar-refractivity contribution in [2.24, 2.45) is 0 Å². The first kappa shape index (κ1) is 19.1. The van der Waals surface area contributed by atoms with Crippen molar-refractivity contribution < 1.29 is 9.53 Å². The van der Waals surface area contributed by atoms with Crippen LogP contribution in [-0.2, 0) is 11.3 Å². The maximum Gasteiger partial charge on any atom is 0.257 e. The zero-order valence-electron chi connectivity index (χ0n) is 15.4. The largest absolute Gasteiger partial charge is 0.383 e. The molecule has 6 heteroatoms. The lowest BCUT2D eigenvalue weighted by atomic mass is 10.1. The number of methoxy groups -OCH3 is 1. The second-order valence-corrected chi connectivity index (χ2v) is 6.74. The molecule has 0 radical (unpaired) electrons. The summed E-state index contributed by atoms with van der Waals surface area (Å²) >= 11 is 6.01. The van der Waals surface area contributed by atoms with Crippen LogP contribution in [0.4, 0.5) is 0 Å². The van der Waals surface area contributed by atoms with E-state index < -0.39 is 0 Å². The first-order valence-corrected chi connectivity index (χ1v) is 9.08. The summed E-state index contributed by atoms with van der Waals surface area (Å²) in [7, 11) is 3.39. The maximum atomic E-state index is 13.0. The molecule has 27 heavy (non-hydrogen) atoms. The van der Waals surface area contributed by atoms with Gasteiger partial charge in [-0.05, 0) is 17.7 Å². The van der Waals surface area contributed by atoms with Crippen molar-refractivity contribution in [2.45, 2.75) is 6.54 Å². The first-order valence-electron chi connectivity index (χ1n) is 8.70. The fourth-order valence-corrected chi connectivity index (χ4v) is 2.91. The molecule has 0 aliphatic rings. The molecule has 0 aliphatic carbocycles. The summed E-state index contributed by atoms with van der Waals surface area (Å²) < 4.78 is 6.88. The van der Waals surface area contributed by atoms with Crippen molar-refractivity contribution in [3.8, 4) is 11.3 Å². The molecule has 5 nitrogen and oxygen atoms in total. The molecule has 1 heterocycles. The molecule has 3 rings (SSSR count). The molecular formula is C21H22ClN3O2. The van der Waals surface area contributed by atoms with Gasteiger partial charge >= 0.3 is 0 Å². The minimum atomic E-state index is -0.0867. The monoisotopic (exact) mass is 383 g/mol. The Morgan fingerprint density at radius 3 is 2.52 bits per heavy atom. The van der Waals surface area contributed by atoms with E-state index in [2.05, 4.69) is 5.10 Å². The highest BCUT2D eigenvalue weighted by molar-refractivity contribution is 6.30. The summed E-state index contributed by atoms with van der Waals surface area (Å²) in [6, 6.07) is 17.4. The summed E-state index contributed by atoms with van der Waals surface area (Å²) in [6.07, 6.45) is 1.81. The van der Waals surface area contributed by atoms with Crippen molar-refractivity contribution in [1.29, 1.82) is 0 Å². The Labute approximate surface area is 164 Å². The first-order chi connectivity index (χ1) is 13.1. The molecule has 0 saturated carbocycles. The number of amides is 1. The van der Waals surface area contributed by atoms with Crippen LogP contribution in [0, 0.1) is 0 Å². The Morgan fingerprint density at radius 2 is 1.85 bits per heavy atom. The molecule has 0 fully saturated rings. The van der Waals surface area contributed by atoms with E-state index in [1.54, 1.807) is 35.9 Å². The van der Waals surface area contributed by atoms with Crippen molar-refractivity contribution in [3.05, 3.63) is 76.9 Å². The Hall–Kier alpha value is -2.63. The predicted octanol–water partition coefficient (Wildman–Crippen LogP) is 3.97. The minimum Gasteiger partial charge on any atom is -0.383 e. The fourth-order valence-electron chi connectivity index (χ4n) is 2.79. The summed E-state index contributed by atoms with van der Waals surface area (Å²) in [6.45, 7) is 1.59. The molecule has 2 aromatic carbocycles. The van der Waals surface area contributed by atoms with E-state index in [1.165, 1.54) is 0 Å². The molecule has 0 N–H and O–H groups in total. The Bertz CT molecular complexity index is 892. The van der Waals surface area contributed by atoms with Gasteiger partial charge in [0.2, 0.25) is 0 Å². The number of likely N-dealkylation sites (N-methyl/N-ethyl adjacent to an activating group) is 1. The normalized spacial score (nSPS) is 10.8. The Balaban J connectivity index is 1.96. The van der Waals surface area contributed by atoms with E-state index in [9.17, 15) is 4.79 Å². The molecule has 0 spiro atoms. The molecule has 0 bridgehead atoms.